The molecule has 4 nitrogen and oxygen atoms in total. The van der Waals surface area contributed by atoms with Crippen molar-refractivity contribution in [3.05, 3.63) is 229 Å². The predicted molar refractivity (Wildman–Crippen MR) is 194 cm³/mol. The normalized spacial score (nSPS) is 20.4. The quantitative estimate of drug-likeness (QED) is 0.166. The second-order valence-corrected chi connectivity index (χ2v) is 13.1. The zero-order chi connectivity index (χ0) is 38.8. The first-order valence-electron chi connectivity index (χ1n) is 17.0. The summed E-state index contributed by atoms with van der Waals surface area (Å²) in [4.78, 5) is 14.4. The number of halogens is 8. The maximum atomic E-state index is 14.8. The van der Waals surface area contributed by atoms with Gasteiger partial charge in [0.1, 0.15) is 46.5 Å². The fourth-order valence-electron chi connectivity index (χ4n) is 7.21. The Balaban J connectivity index is 0.00000455. The average molecular weight is 953 g/mol. The third-order valence-corrected chi connectivity index (χ3v) is 9.37. The number of rotatable bonds is 4. The second-order valence-electron chi connectivity index (χ2n) is 13.1. The fourth-order valence-corrected chi connectivity index (χ4v) is 7.21. The zero-order valence-corrected chi connectivity index (χ0v) is 31.0. The molecule has 0 radical (unpaired) electrons. The number of nitrogens with zero attached hydrogens (tertiary/aromatic N) is 4. The molecule has 2 aromatic heterocycles. The maximum absolute atomic E-state index is 14.8. The van der Waals surface area contributed by atoms with Gasteiger partial charge in [0.25, 0.3) is 0 Å². The minimum Gasteiger partial charge on any atom is -0.674 e. The van der Waals surface area contributed by atoms with Gasteiger partial charge in [-0.25, -0.2) is 40.1 Å². The fraction of sp³-hybridized carbons (Fsp3) is 0.0227. The van der Waals surface area contributed by atoms with Crippen LogP contribution in [0.2, 0.25) is 0 Å². The molecule has 0 aliphatic carbocycles. The van der Waals surface area contributed by atoms with Crippen molar-refractivity contribution in [3.63, 3.8) is 0 Å². The molecule has 0 saturated heterocycles. The van der Waals surface area contributed by atoms with E-state index in [1.54, 1.807) is 30.4 Å². The van der Waals surface area contributed by atoms with E-state index in [0.717, 1.165) is 48.5 Å². The molecule has 8 bridgehead atoms. The number of benzene rings is 4. The van der Waals surface area contributed by atoms with Crippen molar-refractivity contribution in [3.8, 4) is 0 Å². The van der Waals surface area contributed by atoms with E-state index in [-0.39, 0.29) is 105 Å². The van der Waals surface area contributed by atoms with E-state index in [4.69, 9.17) is 20.3 Å². The summed E-state index contributed by atoms with van der Waals surface area (Å²) >= 11 is 0. The molecule has 286 valence electrons. The number of aromatic nitrogens is 2. The smallest absolute Gasteiger partial charge is 0.126 e. The first-order chi connectivity index (χ1) is 26.9. The molecule has 0 N–H and O–H groups in total. The molecule has 0 amide bonds. The first-order valence-corrected chi connectivity index (χ1v) is 17.0. The van der Waals surface area contributed by atoms with Gasteiger partial charge >= 0.3 is 0 Å². The Morgan fingerprint density at radius 2 is 0.895 bits per heavy atom. The molecule has 1 unspecified atom stereocenters. The minimum atomic E-state index is -0.971. The van der Waals surface area contributed by atoms with Crippen molar-refractivity contribution in [2.24, 2.45) is 4.99 Å². The van der Waals surface area contributed by atoms with Crippen molar-refractivity contribution in [2.75, 3.05) is 0 Å². The Hall–Kier alpha value is -6.26. The van der Waals surface area contributed by atoms with Gasteiger partial charge < -0.3 is 15.3 Å². The Bertz CT molecular complexity index is 2870. The van der Waals surface area contributed by atoms with Crippen LogP contribution in [0.3, 0.4) is 0 Å². The topological polar surface area (TPSA) is 54.7 Å². The summed E-state index contributed by atoms with van der Waals surface area (Å²) < 4.78 is 118. The number of fused-ring (bicyclic) bond motifs is 7. The van der Waals surface area contributed by atoms with Gasteiger partial charge in [-0.15, -0.1) is 27.8 Å². The van der Waals surface area contributed by atoms with E-state index < -0.39 is 52.6 Å². The number of aliphatic imine (C=N–C) groups is 1. The van der Waals surface area contributed by atoms with Crippen LogP contribution < -0.4 is 20.7 Å². The van der Waals surface area contributed by atoms with Gasteiger partial charge in [-0.2, -0.15) is 0 Å². The van der Waals surface area contributed by atoms with Gasteiger partial charge in [0, 0.05) is 45.3 Å². The van der Waals surface area contributed by atoms with E-state index in [0.29, 0.717) is 24.3 Å². The van der Waals surface area contributed by atoms with Gasteiger partial charge in [-0.1, -0.05) is 48.0 Å². The van der Waals surface area contributed by atoms with Gasteiger partial charge in [0.2, 0.25) is 0 Å². The van der Waals surface area contributed by atoms with E-state index >= 15 is 0 Å². The third-order valence-electron chi connectivity index (χ3n) is 9.37. The molecular weight excluding hydrogens is 932 g/mol. The summed E-state index contributed by atoms with van der Waals surface area (Å²) in [5.41, 5.74) is 1.77. The number of hydrogen-bond acceptors (Lipinski definition) is 1. The van der Waals surface area contributed by atoms with E-state index in [1.807, 2.05) is 0 Å². The third kappa shape index (κ3) is 7.17. The molecular formula is C44H21F8N4Pt-3. The number of hydrogen-bond donors (Lipinski definition) is 0. The van der Waals surface area contributed by atoms with Crippen LogP contribution in [0, 0.1) is 46.5 Å². The molecule has 57 heavy (non-hydrogen) atoms. The maximum Gasteiger partial charge on any atom is 0.126 e. The van der Waals surface area contributed by atoms with Crippen LogP contribution in [0.15, 0.2) is 138 Å². The van der Waals surface area contributed by atoms with Crippen LogP contribution in [-0.4, -0.2) is 11.8 Å². The Morgan fingerprint density at radius 3 is 1.44 bits per heavy atom. The second kappa shape index (κ2) is 14.7. The van der Waals surface area contributed by atoms with Crippen LogP contribution in [0.5, 0.6) is 0 Å². The van der Waals surface area contributed by atoms with Crippen molar-refractivity contribution in [2.45, 2.75) is 6.04 Å². The summed E-state index contributed by atoms with van der Waals surface area (Å²) in [5, 5.41) is 5.22. The van der Waals surface area contributed by atoms with Crippen LogP contribution in [0.1, 0.15) is 33.6 Å². The monoisotopic (exact) mass is 952 g/mol. The summed E-state index contributed by atoms with van der Waals surface area (Å²) in [6.07, 6.45) is 6.26. The van der Waals surface area contributed by atoms with E-state index in [2.05, 4.69) is 0 Å². The number of allylic oxidation sites excluding steroid dienone is 3. The van der Waals surface area contributed by atoms with Gasteiger partial charge in [0.05, 0.1) is 11.4 Å². The molecule has 0 saturated carbocycles. The molecule has 0 spiro atoms. The molecule has 1 atom stereocenters. The van der Waals surface area contributed by atoms with Crippen LogP contribution in [0.25, 0.3) is 27.6 Å². The molecule has 9 rings (SSSR count). The standard InChI is InChI=1S/C44H21F8N4.Pt/c45-25-9-21(10-26(46)17-25)41-33-1-2-34(53-33)42(22-11-27(47)18-28(48)12-22)36-5-6-38(55-36)44(24-15-31(51)20-32(52)16-24)40-8-7-39(56-40)43(37-4-3-35(41)54-37)23-13-29(49)19-30(50)14-23;/h1-20,33H;/q-3;/b41-35-,42-34-,43-37-,44-40-;. The summed E-state index contributed by atoms with van der Waals surface area (Å²) in [6, 6.07) is 16.8. The summed E-state index contributed by atoms with van der Waals surface area (Å²) in [6.45, 7) is 0. The zero-order valence-electron chi connectivity index (χ0n) is 28.8. The van der Waals surface area contributed by atoms with Crippen LogP contribution >= 0.6 is 0 Å². The summed E-state index contributed by atoms with van der Waals surface area (Å²) in [7, 11) is 0. The van der Waals surface area contributed by atoms with Gasteiger partial charge in [0.15, 0.2) is 0 Å². The SMILES string of the molecule is Fc1cc(F)cc(/C2=C3\C=CC(=N3)/C(c3cc(F)cc(F)c3)=c3/cc/c([n-]3)=C(\c3cc(F)cc(F)c3)C3C=C/C(=C(\c4cc(F)cc(F)c4)c4ccc2[n-]4)[N-]3)c1.[Pt]. The first kappa shape index (κ1) is 37.7. The van der Waals surface area contributed by atoms with Crippen LogP contribution in [0.4, 0.5) is 35.1 Å². The minimum absolute atomic E-state index is 0. The Kier molecular flexibility index (Phi) is 9.69. The molecule has 3 aliphatic heterocycles. The molecule has 5 heterocycles. The van der Waals surface area contributed by atoms with Crippen LogP contribution in [-0.2, 0) is 21.1 Å². The molecule has 0 fully saturated rings. The predicted octanol–water partition coefficient (Wildman–Crippen LogP) is 8.66. The van der Waals surface area contributed by atoms with Crippen molar-refractivity contribution < 1.29 is 56.2 Å². The van der Waals surface area contributed by atoms with Crippen molar-refractivity contribution in [1.82, 2.24) is 9.97 Å². The van der Waals surface area contributed by atoms with E-state index in [9.17, 15) is 35.1 Å². The molecule has 4 aromatic carbocycles. The van der Waals surface area contributed by atoms with Crippen molar-refractivity contribution >= 4 is 28.0 Å². The molecule has 13 heteroatoms. The van der Waals surface area contributed by atoms with Gasteiger partial charge in [-0.05, 0) is 99.7 Å². The summed E-state index contributed by atoms with van der Waals surface area (Å²) in [5.74, 6) is -7.09. The van der Waals surface area contributed by atoms with E-state index in [1.165, 1.54) is 18.2 Å². The Labute approximate surface area is 333 Å². The Morgan fingerprint density at radius 1 is 0.439 bits per heavy atom. The molecule has 6 aromatic rings. The van der Waals surface area contributed by atoms with Crippen molar-refractivity contribution in [1.29, 1.82) is 0 Å². The largest absolute Gasteiger partial charge is 0.674 e. The molecule has 3 aliphatic rings. The van der Waals surface area contributed by atoms with Gasteiger partial charge in [-0.3, -0.25) is 0 Å². The average Bonchev–Trinajstić information content (AvgIpc) is 3.94.